The number of nitrogens with zero attached hydrogens (tertiary/aromatic N) is 1. The van der Waals surface area contributed by atoms with Gasteiger partial charge in [-0.05, 0) is 41.8 Å². The van der Waals surface area contributed by atoms with Gasteiger partial charge in [-0.15, -0.1) is 11.3 Å². The number of carbonyl (C=O) groups is 1. The van der Waals surface area contributed by atoms with Gasteiger partial charge in [-0.3, -0.25) is 4.79 Å². The van der Waals surface area contributed by atoms with Crippen molar-refractivity contribution in [3.63, 3.8) is 0 Å². The van der Waals surface area contributed by atoms with E-state index < -0.39 is 0 Å². The summed E-state index contributed by atoms with van der Waals surface area (Å²) in [5, 5.41) is 2.01. The third kappa shape index (κ3) is 2.72. The number of amides is 1. The fourth-order valence-corrected chi connectivity index (χ4v) is 3.79. The molecular formula is C12H17BrN2OS. The average molecular weight is 317 g/mol. The van der Waals surface area contributed by atoms with Gasteiger partial charge in [0.15, 0.2) is 0 Å². The van der Waals surface area contributed by atoms with Crippen LogP contribution in [0.4, 0.5) is 0 Å². The van der Waals surface area contributed by atoms with E-state index in [4.69, 9.17) is 5.73 Å². The van der Waals surface area contributed by atoms with Crippen molar-refractivity contribution in [1.29, 1.82) is 0 Å². The van der Waals surface area contributed by atoms with Crippen molar-refractivity contribution >= 4 is 33.2 Å². The molecule has 3 nitrogen and oxygen atoms in total. The Bertz CT molecular complexity index is 420. The molecule has 2 rings (SSSR count). The number of likely N-dealkylation sites (tertiary alicyclic amines) is 1. The molecule has 2 heterocycles. The maximum Gasteiger partial charge on any atom is 0.228 e. The molecule has 1 aromatic rings. The van der Waals surface area contributed by atoms with E-state index in [2.05, 4.69) is 22.9 Å². The Balaban J connectivity index is 2.05. The summed E-state index contributed by atoms with van der Waals surface area (Å²) in [4.78, 5) is 15.3. The summed E-state index contributed by atoms with van der Waals surface area (Å²) >= 11 is 5.03. The lowest BCUT2D eigenvalue weighted by Crippen LogP contribution is -2.50. The Hall–Kier alpha value is -0.390. The Morgan fingerprint density at radius 2 is 2.47 bits per heavy atom. The Kier molecular flexibility index (Phi) is 3.90. The zero-order valence-corrected chi connectivity index (χ0v) is 12.3. The van der Waals surface area contributed by atoms with Crippen LogP contribution in [0.15, 0.2) is 15.9 Å². The number of thiophene rings is 1. The summed E-state index contributed by atoms with van der Waals surface area (Å²) in [6.45, 7) is 3.48. The van der Waals surface area contributed by atoms with Gasteiger partial charge in [-0.25, -0.2) is 0 Å². The molecule has 1 saturated heterocycles. The van der Waals surface area contributed by atoms with Crippen LogP contribution in [0.1, 0.15) is 24.6 Å². The molecule has 17 heavy (non-hydrogen) atoms. The largest absolute Gasteiger partial charge is 0.336 e. The SMILES string of the molecule is CC1(CN)CCCN1C(=O)Cc1cc(Br)cs1. The summed E-state index contributed by atoms with van der Waals surface area (Å²) in [6.07, 6.45) is 2.57. The van der Waals surface area contributed by atoms with E-state index in [0.29, 0.717) is 13.0 Å². The van der Waals surface area contributed by atoms with Crippen molar-refractivity contribution < 1.29 is 4.79 Å². The second kappa shape index (κ2) is 5.08. The van der Waals surface area contributed by atoms with Crippen molar-refractivity contribution in [2.45, 2.75) is 31.7 Å². The molecule has 5 heteroatoms. The molecule has 1 unspecified atom stereocenters. The maximum absolute atomic E-state index is 12.3. The van der Waals surface area contributed by atoms with E-state index in [1.807, 2.05) is 16.3 Å². The standard InChI is InChI=1S/C12H17BrN2OS/c1-12(8-14)3-2-4-15(12)11(16)6-10-5-9(13)7-17-10/h5,7H,2-4,6,8,14H2,1H3. The fraction of sp³-hybridized carbons (Fsp3) is 0.583. The molecule has 0 radical (unpaired) electrons. The number of hydrogen-bond donors (Lipinski definition) is 1. The molecule has 2 N–H and O–H groups in total. The summed E-state index contributed by atoms with van der Waals surface area (Å²) in [7, 11) is 0. The van der Waals surface area contributed by atoms with Gasteiger partial charge in [0.2, 0.25) is 5.91 Å². The first-order valence-corrected chi connectivity index (χ1v) is 7.46. The minimum Gasteiger partial charge on any atom is -0.336 e. The lowest BCUT2D eigenvalue weighted by Gasteiger charge is -2.34. The first kappa shape index (κ1) is 13.1. The van der Waals surface area contributed by atoms with Gasteiger partial charge < -0.3 is 10.6 Å². The molecule has 0 bridgehead atoms. The van der Waals surface area contributed by atoms with Gasteiger partial charge in [0.05, 0.1) is 12.0 Å². The molecule has 0 aromatic carbocycles. The molecule has 1 aliphatic heterocycles. The minimum atomic E-state index is -0.133. The Morgan fingerprint density at radius 1 is 1.71 bits per heavy atom. The number of carbonyl (C=O) groups excluding carboxylic acids is 1. The predicted molar refractivity (Wildman–Crippen MR) is 74.1 cm³/mol. The summed E-state index contributed by atoms with van der Waals surface area (Å²) in [5.74, 6) is 0.199. The fourth-order valence-electron chi connectivity index (χ4n) is 2.35. The van der Waals surface area contributed by atoms with Crippen LogP contribution in [0.5, 0.6) is 0 Å². The van der Waals surface area contributed by atoms with Crippen LogP contribution in [0.2, 0.25) is 0 Å². The van der Waals surface area contributed by atoms with E-state index in [1.54, 1.807) is 11.3 Å². The maximum atomic E-state index is 12.3. The molecule has 1 aromatic heterocycles. The van der Waals surface area contributed by atoms with Crippen LogP contribution < -0.4 is 5.73 Å². The van der Waals surface area contributed by atoms with Crippen LogP contribution >= 0.6 is 27.3 Å². The normalized spacial score (nSPS) is 24.3. The summed E-state index contributed by atoms with van der Waals surface area (Å²) in [6, 6.07) is 2.01. The average Bonchev–Trinajstić information content (AvgIpc) is 2.86. The second-order valence-corrected chi connectivity index (χ2v) is 6.67. The highest BCUT2D eigenvalue weighted by Crippen LogP contribution is 2.29. The molecule has 0 saturated carbocycles. The molecule has 94 valence electrons. The van der Waals surface area contributed by atoms with Crippen molar-refractivity contribution in [2.24, 2.45) is 5.73 Å². The molecule has 1 aliphatic rings. The topological polar surface area (TPSA) is 46.3 Å². The van der Waals surface area contributed by atoms with E-state index >= 15 is 0 Å². The first-order valence-electron chi connectivity index (χ1n) is 5.78. The highest BCUT2D eigenvalue weighted by Gasteiger charge is 2.38. The summed E-state index contributed by atoms with van der Waals surface area (Å²) in [5.41, 5.74) is 5.66. The quantitative estimate of drug-likeness (QED) is 0.930. The van der Waals surface area contributed by atoms with Crippen LogP contribution in [-0.4, -0.2) is 29.4 Å². The Labute approximate surface area is 114 Å². The molecule has 1 atom stereocenters. The molecular weight excluding hydrogens is 300 g/mol. The van der Waals surface area contributed by atoms with Gasteiger partial charge in [0.25, 0.3) is 0 Å². The van der Waals surface area contributed by atoms with Crippen LogP contribution in [-0.2, 0) is 11.2 Å². The molecule has 0 spiro atoms. The van der Waals surface area contributed by atoms with Gasteiger partial charge >= 0.3 is 0 Å². The lowest BCUT2D eigenvalue weighted by molar-refractivity contribution is -0.133. The van der Waals surface area contributed by atoms with Crippen molar-refractivity contribution in [2.75, 3.05) is 13.1 Å². The monoisotopic (exact) mass is 316 g/mol. The van der Waals surface area contributed by atoms with Gasteiger partial charge in [0.1, 0.15) is 0 Å². The summed E-state index contributed by atoms with van der Waals surface area (Å²) < 4.78 is 1.05. The minimum absolute atomic E-state index is 0.133. The number of hydrogen-bond acceptors (Lipinski definition) is 3. The van der Waals surface area contributed by atoms with Gasteiger partial charge in [-0.2, -0.15) is 0 Å². The number of halogens is 1. The van der Waals surface area contributed by atoms with Crippen molar-refractivity contribution in [3.8, 4) is 0 Å². The zero-order valence-electron chi connectivity index (χ0n) is 9.91. The van der Waals surface area contributed by atoms with E-state index in [-0.39, 0.29) is 11.4 Å². The first-order chi connectivity index (χ1) is 8.05. The van der Waals surface area contributed by atoms with Crippen molar-refractivity contribution in [3.05, 3.63) is 20.8 Å². The third-order valence-electron chi connectivity index (χ3n) is 3.44. The van der Waals surface area contributed by atoms with Crippen LogP contribution in [0, 0.1) is 0 Å². The van der Waals surface area contributed by atoms with E-state index in [0.717, 1.165) is 28.7 Å². The molecule has 0 aliphatic carbocycles. The molecule has 1 amide bonds. The smallest absolute Gasteiger partial charge is 0.228 e. The number of nitrogens with two attached hydrogens (primary N) is 1. The Morgan fingerprint density at radius 3 is 3.06 bits per heavy atom. The third-order valence-corrected chi connectivity index (χ3v) is 5.13. The van der Waals surface area contributed by atoms with E-state index in [1.165, 1.54) is 0 Å². The van der Waals surface area contributed by atoms with Crippen LogP contribution in [0.25, 0.3) is 0 Å². The predicted octanol–water partition coefficient (Wildman–Crippen LogP) is 2.39. The highest BCUT2D eigenvalue weighted by atomic mass is 79.9. The second-order valence-electron chi connectivity index (χ2n) is 4.76. The van der Waals surface area contributed by atoms with E-state index in [9.17, 15) is 4.79 Å². The van der Waals surface area contributed by atoms with Gasteiger partial charge in [-0.1, -0.05) is 0 Å². The lowest BCUT2D eigenvalue weighted by atomic mass is 9.99. The number of rotatable bonds is 3. The highest BCUT2D eigenvalue weighted by molar-refractivity contribution is 9.10. The van der Waals surface area contributed by atoms with Crippen LogP contribution in [0.3, 0.4) is 0 Å². The van der Waals surface area contributed by atoms with Gasteiger partial charge in [0, 0.05) is 27.8 Å². The zero-order chi connectivity index (χ0) is 12.5. The molecule has 1 fully saturated rings. The van der Waals surface area contributed by atoms with Crippen molar-refractivity contribution in [1.82, 2.24) is 4.90 Å².